The molecule has 1 aromatic rings. The molecule has 0 radical (unpaired) electrons. The molecule has 7 nitrogen and oxygen atoms in total. The molecule has 108 valence electrons. The maximum Gasteiger partial charge on any atom is 0.328 e. The highest BCUT2D eigenvalue weighted by Crippen LogP contribution is 2.02. The van der Waals surface area contributed by atoms with E-state index >= 15 is 0 Å². The van der Waals surface area contributed by atoms with E-state index in [2.05, 4.69) is 5.32 Å². The Hall–Kier alpha value is -2.48. The minimum Gasteiger partial charge on any atom is -0.480 e. The summed E-state index contributed by atoms with van der Waals surface area (Å²) in [6.07, 6.45) is 0. The first-order valence-electron chi connectivity index (χ1n) is 5.61. The lowest BCUT2D eigenvalue weighted by Crippen LogP contribution is -2.47. The van der Waals surface area contributed by atoms with Crippen LogP contribution in [0.5, 0.6) is 0 Å². The molecule has 0 unspecified atom stereocenters. The number of nitrogens with one attached hydrogen (secondary N) is 2. The molecule has 1 rings (SSSR count). The maximum atomic E-state index is 12.9. The summed E-state index contributed by atoms with van der Waals surface area (Å²) in [4.78, 5) is 33.5. The van der Waals surface area contributed by atoms with Crippen LogP contribution < -0.4 is 10.6 Å². The summed E-state index contributed by atoms with van der Waals surface area (Å²) in [5, 5.41) is 21.5. The third kappa shape index (κ3) is 4.65. The van der Waals surface area contributed by atoms with Crippen LogP contribution in [0.25, 0.3) is 0 Å². The van der Waals surface area contributed by atoms with Gasteiger partial charge < -0.3 is 20.8 Å². The number of amides is 2. The second-order valence-corrected chi connectivity index (χ2v) is 3.83. The monoisotopic (exact) mass is 284 g/mol. The zero-order valence-corrected chi connectivity index (χ0v) is 10.3. The number of hydrogen-bond donors (Lipinski definition) is 4. The van der Waals surface area contributed by atoms with Gasteiger partial charge in [-0.05, 0) is 18.2 Å². The van der Waals surface area contributed by atoms with Crippen molar-refractivity contribution >= 4 is 17.8 Å². The van der Waals surface area contributed by atoms with Crippen LogP contribution in [0.3, 0.4) is 0 Å². The Balaban J connectivity index is 2.49. The Labute approximate surface area is 113 Å². The van der Waals surface area contributed by atoms with Gasteiger partial charge in [0.1, 0.15) is 11.9 Å². The summed E-state index contributed by atoms with van der Waals surface area (Å²) < 4.78 is 12.9. The number of aliphatic hydroxyl groups is 1. The smallest absolute Gasteiger partial charge is 0.328 e. The molecular weight excluding hydrogens is 271 g/mol. The first-order chi connectivity index (χ1) is 9.43. The Kier molecular flexibility index (Phi) is 5.60. The van der Waals surface area contributed by atoms with Crippen LogP contribution in [0.15, 0.2) is 24.3 Å². The highest BCUT2D eigenvalue weighted by molar-refractivity contribution is 5.96. The van der Waals surface area contributed by atoms with Crippen molar-refractivity contribution < 1.29 is 29.0 Å². The quantitative estimate of drug-likeness (QED) is 0.541. The number of benzene rings is 1. The van der Waals surface area contributed by atoms with Gasteiger partial charge in [0.15, 0.2) is 0 Å². The summed E-state index contributed by atoms with van der Waals surface area (Å²) >= 11 is 0. The Morgan fingerprint density at radius 3 is 2.55 bits per heavy atom. The molecule has 0 fully saturated rings. The molecule has 4 N–H and O–H groups in total. The van der Waals surface area contributed by atoms with Crippen molar-refractivity contribution in [3.05, 3.63) is 35.6 Å². The maximum absolute atomic E-state index is 12.9. The van der Waals surface area contributed by atoms with Crippen LogP contribution in [-0.2, 0) is 9.59 Å². The molecule has 0 aliphatic heterocycles. The van der Waals surface area contributed by atoms with Gasteiger partial charge in [-0.2, -0.15) is 0 Å². The van der Waals surface area contributed by atoms with Crippen LogP contribution in [0.1, 0.15) is 10.4 Å². The van der Waals surface area contributed by atoms with Crippen molar-refractivity contribution in [2.24, 2.45) is 0 Å². The van der Waals surface area contributed by atoms with Gasteiger partial charge in [0.2, 0.25) is 5.91 Å². The van der Waals surface area contributed by atoms with E-state index in [9.17, 15) is 18.8 Å². The van der Waals surface area contributed by atoms with Gasteiger partial charge in [-0.15, -0.1) is 0 Å². The van der Waals surface area contributed by atoms with E-state index in [1.807, 2.05) is 5.32 Å². The Bertz CT molecular complexity index is 520. The second kappa shape index (κ2) is 7.19. The first-order valence-corrected chi connectivity index (χ1v) is 5.61. The number of aliphatic hydroxyl groups excluding tert-OH is 1. The van der Waals surface area contributed by atoms with Gasteiger partial charge in [-0.3, -0.25) is 9.59 Å². The lowest BCUT2D eigenvalue weighted by atomic mass is 10.2. The lowest BCUT2D eigenvalue weighted by Gasteiger charge is -2.12. The molecule has 1 atom stereocenters. The molecule has 0 aliphatic carbocycles. The number of hydrogen-bond acceptors (Lipinski definition) is 4. The topological polar surface area (TPSA) is 116 Å². The zero-order chi connectivity index (χ0) is 15.1. The van der Waals surface area contributed by atoms with Crippen LogP contribution in [0, 0.1) is 5.82 Å². The van der Waals surface area contributed by atoms with E-state index in [0.29, 0.717) is 0 Å². The van der Waals surface area contributed by atoms with Crippen LogP contribution in [0.4, 0.5) is 4.39 Å². The van der Waals surface area contributed by atoms with Gasteiger partial charge in [0.25, 0.3) is 5.91 Å². The molecule has 8 heteroatoms. The van der Waals surface area contributed by atoms with Crippen molar-refractivity contribution in [2.45, 2.75) is 6.04 Å². The summed E-state index contributed by atoms with van der Waals surface area (Å²) in [5.74, 6) is -3.43. The third-order valence-corrected chi connectivity index (χ3v) is 2.31. The molecule has 0 aliphatic rings. The molecule has 0 heterocycles. The average molecular weight is 284 g/mol. The number of aliphatic carboxylic acids is 1. The first kappa shape index (κ1) is 15.6. The number of halogens is 1. The predicted octanol–water partition coefficient (Wildman–Crippen LogP) is -0.883. The van der Waals surface area contributed by atoms with Gasteiger partial charge in [-0.1, -0.05) is 6.07 Å². The number of carboxylic acid groups (broad SMARTS) is 1. The van der Waals surface area contributed by atoms with Crippen molar-refractivity contribution in [2.75, 3.05) is 13.2 Å². The summed E-state index contributed by atoms with van der Waals surface area (Å²) in [7, 11) is 0. The van der Waals surface area contributed by atoms with Crippen molar-refractivity contribution in [3.63, 3.8) is 0 Å². The molecular formula is C12H13FN2O5. The van der Waals surface area contributed by atoms with Crippen molar-refractivity contribution in [1.82, 2.24) is 10.6 Å². The largest absolute Gasteiger partial charge is 0.480 e. The normalized spacial score (nSPS) is 11.5. The predicted molar refractivity (Wildman–Crippen MR) is 65.4 cm³/mol. The Morgan fingerprint density at radius 2 is 2.00 bits per heavy atom. The molecule has 0 spiro atoms. The van der Waals surface area contributed by atoms with Crippen molar-refractivity contribution in [3.8, 4) is 0 Å². The molecule has 0 aromatic heterocycles. The summed E-state index contributed by atoms with van der Waals surface area (Å²) in [6.45, 7) is -1.25. The van der Waals surface area contributed by atoms with E-state index in [1.54, 1.807) is 0 Å². The fourth-order valence-electron chi connectivity index (χ4n) is 1.32. The number of carbonyl (C=O) groups is 3. The zero-order valence-electron chi connectivity index (χ0n) is 10.3. The minimum absolute atomic E-state index is 0.0368. The molecule has 2 amide bonds. The SMILES string of the molecule is O=C(CNC(=O)c1cccc(F)c1)N[C@H](CO)C(=O)O. The average Bonchev–Trinajstić information content (AvgIpc) is 2.41. The van der Waals surface area contributed by atoms with Crippen LogP contribution >= 0.6 is 0 Å². The molecule has 0 bridgehead atoms. The van der Waals surface area contributed by atoms with E-state index in [-0.39, 0.29) is 5.56 Å². The molecule has 0 saturated heterocycles. The Morgan fingerprint density at radius 1 is 1.30 bits per heavy atom. The van der Waals surface area contributed by atoms with E-state index in [1.165, 1.54) is 18.2 Å². The van der Waals surface area contributed by atoms with E-state index in [4.69, 9.17) is 10.2 Å². The number of carbonyl (C=O) groups excluding carboxylic acids is 2. The van der Waals surface area contributed by atoms with Crippen LogP contribution in [-0.4, -0.2) is 47.2 Å². The fourth-order valence-corrected chi connectivity index (χ4v) is 1.32. The highest BCUT2D eigenvalue weighted by atomic mass is 19.1. The second-order valence-electron chi connectivity index (χ2n) is 3.83. The van der Waals surface area contributed by atoms with E-state index in [0.717, 1.165) is 6.07 Å². The molecule has 20 heavy (non-hydrogen) atoms. The third-order valence-electron chi connectivity index (χ3n) is 2.31. The van der Waals surface area contributed by atoms with E-state index < -0.39 is 42.8 Å². The lowest BCUT2D eigenvalue weighted by molar-refractivity contribution is -0.142. The van der Waals surface area contributed by atoms with Crippen LogP contribution in [0.2, 0.25) is 0 Å². The summed E-state index contributed by atoms with van der Waals surface area (Å²) in [5.41, 5.74) is 0.0368. The molecule has 1 aromatic carbocycles. The fraction of sp³-hybridized carbons (Fsp3) is 0.250. The van der Waals surface area contributed by atoms with Gasteiger partial charge in [0, 0.05) is 5.56 Å². The highest BCUT2D eigenvalue weighted by Gasteiger charge is 2.18. The minimum atomic E-state index is -1.44. The number of rotatable bonds is 6. The molecule has 0 saturated carbocycles. The number of carboxylic acids is 1. The van der Waals surface area contributed by atoms with Gasteiger partial charge in [-0.25, -0.2) is 9.18 Å². The van der Waals surface area contributed by atoms with Gasteiger partial charge in [0.05, 0.1) is 13.2 Å². The van der Waals surface area contributed by atoms with Gasteiger partial charge >= 0.3 is 5.97 Å². The summed E-state index contributed by atoms with van der Waals surface area (Å²) in [6, 6.07) is 3.44. The standard InChI is InChI=1S/C12H13FN2O5/c13-8-3-1-2-7(4-8)11(18)14-5-10(17)15-9(6-16)12(19)20/h1-4,9,16H,5-6H2,(H,14,18)(H,15,17)(H,19,20)/t9-/m1/s1. The van der Waals surface area contributed by atoms with Crippen molar-refractivity contribution in [1.29, 1.82) is 0 Å².